The fourth-order valence-corrected chi connectivity index (χ4v) is 2.97. The summed E-state index contributed by atoms with van der Waals surface area (Å²) in [5, 5.41) is 10.5. The summed E-state index contributed by atoms with van der Waals surface area (Å²) in [6.07, 6.45) is 0. The van der Waals surface area contributed by atoms with Gasteiger partial charge in [0.2, 0.25) is 5.88 Å². The minimum Gasteiger partial charge on any atom is -0.494 e. The number of para-hydroxylation sites is 2. The molecule has 25 heavy (non-hydrogen) atoms. The van der Waals surface area contributed by atoms with Crippen molar-refractivity contribution in [1.29, 1.82) is 0 Å². The number of hydrogen-bond donors (Lipinski definition) is 2. The zero-order chi connectivity index (χ0) is 17.6. The summed E-state index contributed by atoms with van der Waals surface area (Å²) < 4.78 is 7.71. The summed E-state index contributed by atoms with van der Waals surface area (Å²) in [6, 6.07) is 13.7. The third kappa shape index (κ3) is 2.20. The number of ether oxygens (including phenoxy) is 1. The molecule has 0 atom stereocenters. The van der Waals surface area contributed by atoms with Crippen molar-refractivity contribution in [3.63, 3.8) is 0 Å². The Labute approximate surface area is 141 Å². The van der Waals surface area contributed by atoms with Crippen molar-refractivity contribution in [3.05, 3.63) is 69.4 Å². The van der Waals surface area contributed by atoms with Crippen LogP contribution in [-0.2, 0) is 0 Å². The van der Waals surface area contributed by atoms with Crippen LogP contribution in [0.4, 0.5) is 0 Å². The zero-order valence-electron chi connectivity index (χ0n) is 13.4. The van der Waals surface area contributed by atoms with E-state index in [2.05, 4.69) is 4.98 Å². The van der Waals surface area contributed by atoms with Crippen molar-refractivity contribution >= 4 is 16.6 Å². The normalized spacial score (nSPS) is 11.2. The molecule has 0 radical (unpaired) electrons. The third-order valence-corrected chi connectivity index (χ3v) is 4.04. The molecule has 0 spiro atoms. The largest absolute Gasteiger partial charge is 0.494 e. The van der Waals surface area contributed by atoms with Crippen LogP contribution in [0.1, 0.15) is 6.92 Å². The molecule has 2 N–H and O–H groups in total. The SMILES string of the molecule is CCOc1ccc(-n2c(O)c3c(=O)[nH]c4ccccc4n3c2=O)cc1. The molecule has 2 aromatic heterocycles. The lowest BCUT2D eigenvalue weighted by molar-refractivity contribution is 0.340. The lowest BCUT2D eigenvalue weighted by Crippen LogP contribution is -2.21. The summed E-state index contributed by atoms with van der Waals surface area (Å²) in [5.41, 5.74) is 0.348. The van der Waals surface area contributed by atoms with Crippen LogP contribution >= 0.6 is 0 Å². The average Bonchev–Trinajstić information content (AvgIpc) is 2.88. The quantitative estimate of drug-likeness (QED) is 0.599. The van der Waals surface area contributed by atoms with Crippen molar-refractivity contribution in [2.45, 2.75) is 6.92 Å². The van der Waals surface area contributed by atoms with Crippen LogP contribution in [0, 0.1) is 0 Å². The Morgan fingerprint density at radius 2 is 1.80 bits per heavy atom. The highest BCUT2D eigenvalue weighted by Crippen LogP contribution is 2.23. The van der Waals surface area contributed by atoms with E-state index in [0.717, 1.165) is 4.57 Å². The van der Waals surface area contributed by atoms with Gasteiger partial charge in [0.05, 0.1) is 23.3 Å². The molecule has 0 saturated carbocycles. The monoisotopic (exact) mass is 337 g/mol. The number of nitrogens with zero attached hydrogens (tertiary/aromatic N) is 2. The molecule has 7 nitrogen and oxygen atoms in total. The number of nitrogens with one attached hydrogen (secondary N) is 1. The second kappa shape index (κ2) is 5.55. The Morgan fingerprint density at radius 1 is 1.08 bits per heavy atom. The van der Waals surface area contributed by atoms with Gasteiger partial charge in [-0.05, 0) is 43.3 Å². The second-order valence-electron chi connectivity index (χ2n) is 5.52. The molecule has 0 bridgehead atoms. The van der Waals surface area contributed by atoms with E-state index in [1.54, 1.807) is 48.5 Å². The first-order valence-electron chi connectivity index (χ1n) is 7.82. The molecule has 4 aromatic rings. The molecular formula is C18H15N3O4. The van der Waals surface area contributed by atoms with Gasteiger partial charge in [-0.25, -0.2) is 13.8 Å². The summed E-state index contributed by atoms with van der Waals surface area (Å²) in [7, 11) is 0. The highest BCUT2D eigenvalue weighted by Gasteiger charge is 2.20. The first kappa shape index (κ1) is 15.1. The van der Waals surface area contributed by atoms with Crippen LogP contribution in [0.2, 0.25) is 0 Å². The number of aromatic nitrogens is 3. The smallest absolute Gasteiger partial charge is 0.341 e. The number of aromatic amines is 1. The standard InChI is InChI=1S/C18H15N3O4/c1-2-25-12-9-7-11(8-10-12)20-17(23)15-16(22)19-13-5-3-4-6-14(13)21(15)18(20)24/h3-10,23H,2H2,1H3,(H,19,22). The van der Waals surface area contributed by atoms with Crippen molar-refractivity contribution in [1.82, 2.24) is 14.0 Å². The topological polar surface area (TPSA) is 88.7 Å². The Morgan fingerprint density at radius 3 is 2.52 bits per heavy atom. The van der Waals surface area contributed by atoms with Crippen molar-refractivity contribution in [2.75, 3.05) is 6.61 Å². The van der Waals surface area contributed by atoms with E-state index in [1.165, 1.54) is 4.40 Å². The highest BCUT2D eigenvalue weighted by molar-refractivity contribution is 5.79. The molecule has 0 aliphatic carbocycles. The van der Waals surface area contributed by atoms with Crippen LogP contribution in [0.3, 0.4) is 0 Å². The maximum Gasteiger partial charge on any atom is 0.341 e. The van der Waals surface area contributed by atoms with E-state index < -0.39 is 17.1 Å². The maximum absolute atomic E-state index is 12.9. The van der Waals surface area contributed by atoms with Gasteiger partial charge in [0.25, 0.3) is 5.56 Å². The number of aromatic hydroxyl groups is 1. The molecule has 126 valence electrons. The molecule has 0 fully saturated rings. The molecule has 0 saturated heterocycles. The molecule has 0 aliphatic heterocycles. The molecule has 7 heteroatoms. The van der Waals surface area contributed by atoms with Crippen molar-refractivity contribution < 1.29 is 9.84 Å². The highest BCUT2D eigenvalue weighted by atomic mass is 16.5. The van der Waals surface area contributed by atoms with E-state index >= 15 is 0 Å². The predicted molar refractivity (Wildman–Crippen MR) is 94.0 cm³/mol. The molecule has 0 aliphatic rings. The van der Waals surface area contributed by atoms with Crippen LogP contribution in [0.25, 0.3) is 22.2 Å². The second-order valence-corrected chi connectivity index (χ2v) is 5.52. The number of imidazole rings is 1. The van der Waals surface area contributed by atoms with E-state index in [9.17, 15) is 14.7 Å². The Kier molecular flexibility index (Phi) is 3.35. The van der Waals surface area contributed by atoms with Crippen LogP contribution in [-0.4, -0.2) is 25.7 Å². The van der Waals surface area contributed by atoms with Gasteiger partial charge >= 0.3 is 5.69 Å². The summed E-state index contributed by atoms with van der Waals surface area (Å²) in [5.74, 6) is 0.256. The van der Waals surface area contributed by atoms with Crippen LogP contribution in [0.15, 0.2) is 58.1 Å². The zero-order valence-corrected chi connectivity index (χ0v) is 13.4. The van der Waals surface area contributed by atoms with Gasteiger partial charge in [-0.15, -0.1) is 0 Å². The van der Waals surface area contributed by atoms with E-state index in [-0.39, 0.29) is 5.52 Å². The Hall–Kier alpha value is -3.48. The number of benzene rings is 2. The van der Waals surface area contributed by atoms with Gasteiger partial charge in [0.1, 0.15) is 5.75 Å². The lowest BCUT2D eigenvalue weighted by Gasteiger charge is -2.05. The van der Waals surface area contributed by atoms with Crippen molar-refractivity contribution in [3.8, 4) is 17.3 Å². The molecule has 0 unspecified atom stereocenters. The molecule has 0 amide bonds. The van der Waals surface area contributed by atoms with Crippen molar-refractivity contribution in [2.24, 2.45) is 0 Å². The molecule has 2 heterocycles. The minimum absolute atomic E-state index is 0.0856. The van der Waals surface area contributed by atoms with Gasteiger partial charge in [0.15, 0.2) is 5.52 Å². The Balaban J connectivity index is 2.06. The first-order valence-corrected chi connectivity index (χ1v) is 7.82. The minimum atomic E-state index is -0.530. The number of hydrogen-bond acceptors (Lipinski definition) is 4. The van der Waals surface area contributed by atoms with Gasteiger partial charge in [0, 0.05) is 0 Å². The molecule has 2 aromatic carbocycles. The summed E-state index contributed by atoms with van der Waals surface area (Å²) in [4.78, 5) is 27.9. The van der Waals surface area contributed by atoms with Gasteiger partial charge in [-0.2, -0.15) is 0 Å². The molecule has 4 rings (SSSR count). The van der Waals surface area contributed by atoms with E-state index in [1.807, 2.05) is 6.92 Å². The maximum atomic E-state index is 12.9. The number of H-pyrrole nitrogens is 1. The number of rotatable bonds is 3. The Bertz CT molecular complexity index is 1200. The number of fused-ring (bicyclic) bond motifs is 3. The van der Waals surface area contributed by atoms with E-state index in [4.69, 9.17) is 4.74 Å². The van der Waals surface area contributed by atoms with E-state index in [0.29, 0.717) is 29.1 Å². The van der Waals surface area contributed by atoms with Gasteiger partial charge in [-0.1, -0.05) is 12.1 Å². The van der Waals surface area contributed by atoms with Gasteiger partial charge < -0.3 is 14.8 Å². The lowest BCUT2D eigenvalue weighted by atomic mass is 10.3. The van der Waals surface area contributed by atoms with Gasteiger partial charge in [-0.3, -0.25) is 4.79 Å². The first-order chi connectivity index (χ1) is 12.1. The van der Waals surface area contributed by atoms with Crippen LogP contribution < -0.4 is 16.0 Å². The van der Waals surface area contributed by atoms with Crippen LogP contribution in [0.5, 0.6) is 11.6 Å². The average molecular weight is 337 g/mol. The summed E-state index contributed by atoms with van der Waals surface area (Å²) in [6.45, 7) is 2.41. The third-order valence-electron chi connectivity index (χ3n) is 4.04. The predicted octanol–water partition coefficient (Wildman–Crippen LogP) is 2.04. The fraction of sp³-hybridized carbons (Fsp3) is 0.111. The fourth-order valence-electron chi connectivity index (χ4n) is 2.97. The molecular weight excluding hydrogens is 322 g/mol. The summed E-state index contributed by atoms with van der Waals surface area (Å²) >= 11 is 0.